The number of fused-ring (bicyclic) bond motifs is 7. The minimum absolute atomic E-state index is 0.745. The lowest BCUT2D eigenvalue weighted by Crippen LogP contribution is -2.12. The van der Waals surface area contributed by atoms with Crippen molar-refractivity contribution in [2.24, 2.45) is 21.1 Å². The molecule has 0 aliphatic rings. The van der Waals surface area contributed by atoms with Crippen molar-refractivity contribution in [3.05, 3.63) is 140 Å². The van der Waals surface area contributed by atoms with Crippen LogP contribution in [0.2, 0.25) is 0 Å². The first-order valence-electron chi connectivity index (χ1n) is 18.2. The van der Waals surface area contributed by atoms with E-state index in [0.717, 1.165) is 72.4 Å². The molecule has 11 rings (SSSR count). The van der Waals surface area contributed by atoms with Gasteiger partial charge in [0.1, 0.15) is 33.1 Å². The minimum atomic E-state index is 0.745. The molecule has 10 heteroatoms. The van der Waals surface area contributed by atoms with E-state index < -0.39 is 0 Å². The average molecular weight is 713 g/mol. The van der Waals surface area contributed by atoms with Gasteiger partial charge in [0, 0.05) is 32.3 Å². The van der Waals surface area contributed by atoms with Gasteiger partial charge in [-0.1, -0.05) is 91.0 Å². The third kappa shape index (κ3) is 4.88. The average Bonchev–Trinajstić information content (AvgIpc) is 3.92. The van der Waals surface area contributed by atoms with Crippen molar-refractivity contribution < 1.29 is 0 Å². The minimum Gasteiger partial charge on any atom is -0.304 e. The van der Waals surface area contributed by atoms with Gasteiger partial charge >= 0.3 is 0 Å². The van der Waals surface area contributed by atoms with E-state index in [-0.39, 0.29) is 0 Å². The molecule has 3 aromatic heterocycles. The van der Waals surface area contributed by atoms with Crippen molar-refractivity contribution >= 4 is 82.5 Å². The van der Waals surface area contributed by atoms with E-state index in [1.165, 1.54) is 32.3 Å². The Hall–Kier alpha value is -7.46. The smallest absolute Gasteiger partial charge is 0.137 e. The Balaban J connectivity index is 1.16. The van der Waals surface area contributed by atoms with Crippen molar-refractivity contribution in [1.29, 1.82) is 0 Å². The van der Waals surface area contributed by atoms with Crippen LogP contribution in [0.5, 0.6) is 0 Å². The highest BCUT2D eigenvalue weighted by Crippen LogP contribution is 2.46. The van der Waals surface area contributed by atoms with E-state index in [2.05, 4.69) is 137 Å². The SMILES string of the molecule is Cn1nc2cccc(N(c3ccc(-c4ccc5ccccc5c4)c4nn(C)nc34)c3ccc(-c4ccc5ccc6ccccc6c5c4)c4nn(C)nc34)c2n1. The topological polar surface area (TPSA) is 95.4 Å². The van der Waals surface area contributed by atoms with Crippen LogP contribution in [-0.4, -0.2) is 45.0 Å². The molecule has 55 heavy (non-hydrogen) atoms. The van der Waals surface area contributed by atoms with Crippen molar-refractivity contribution in [1.82, 2.24) is 45.0 Å². The maximum absolute atomic E-state index is 5.03. The second-order valence-corrected chi connectivity index (χ2v) is 14.0. The van der Waals surface area contributed by atoms with E-state index in [4.69, 9.17) is 25.5 Å². The predicted molar refractivity (Wildman–Crippen MR) is 221 cm³/mol. The molecule has 3 heterocycles. The number of benzene rings is 8. The molecule has 8 aromatic carbocycles. The molecule has 0 N–H and O–H groups in total. The zero-order valence-electron chi connectivity index (χ0n) is 30.3. The fraction of sp³-hybridized carbons (Fsp3) is 0.0667. The predicted octanol–water partition coefficient (Wildman–Crippen LogP) is 9.80. The molecule has 0 aliphatic carbocycles. The van der Waals surface area contributed by atoms with E-state index in [1.54, 1.807) is 14.4 Å². The zero-order valence-corrected chi connectivity index (χ0v) is 30.3. The lowest BCUT2D eigenvalue weighted by molar-refractivity contribution is 0.665. The van der Waals surface area contributed by atoms with E-state index >= 15 is 0 Å². The quantitative estimate of drug-likeness (QED) is 0.164. The van der Waals surface area contributed by atoms with E-state index in [0.29, 0.717) is 0 Å². The molecule has 0 saturated carbocycles. The molecule has 11 aromatic rings. The third-order valence-corrected chi connectivity index (χ3v) is 10.6. The second kappa shape index (κ2) is 11.8. The Kier molecular flexibility index (Phi) is 6.66. The van der Waals surface area contributed by atoms with Gasteiger partial charge in [-0.05, 0) is 92.0 Å². The molecule has 0 bridgehead atoms. The fourth-order valence-corrected chi connectivity index (χ4v) is 8.11. The standard InChI is InChI=1S/C45H32N10/c1-52-46-37-13-8-14-38(43(37)49-52)55(39-23-21-34(41-44(39)50-53(2)47-41)31-19-15-27-9-4-5-11-30(27)25-31)40-24-22-35(42-45(40)51-54(3)48-42)32-20-18-29-17-16-28-10-6-7-12-33(28)36(29)26-32/h4-26H,1-3H3. The summed E-state index contributed by atoms with van der Waals surface area (Å²) < 4.78 is 0. The Morgan fingerprint density at radius 3 is 1.58 bits per heavy atom. The van der Waals surface area contributed by atoms with Crippen LogP contribution in [-0.2, 0) is 21.1 Å². The van der Waals surface area contributed by atoms with Crippen LogP contribution in [0.4, 0.5) is 17.1 Å². The van der Waals surface area contributed by atoms with Crippen LogP contribution in [0.25, 0.3) is 87.7 Å². The summed E-state index contributed by atoms with van der Waals surface area (Å²) in [5.74, 6) is 0. The Labute approximate surface area is 314 Å². The Morgan fingerprint density at radius 2 is 0.873 bits per heavy atom. The number of aryl methyl sites for hydroxylation is 3. The fourth-order valence-electron chi connectivity index (χ4n) is 8.11. The highest BCUT2D eigenvalue weighted by Gasteiger charge is 2.27. The van der Waals surface area contributed by atoms with Gasteiger partial charge in [-0.15, -0.1) is 0 Å². The van der Waals surface area contributed by atoms with Crippen molar-refractivity contribution in [3.8, 4) is 22.3 Å². The lowest BCUT2D eigenvalue weighted by atomic mass is 9.96. The summed E-state index contributed by atoms with van der Waals surface area (Å²) in [6.07, 6.45) is 0. The molecule has 0 radical (unpaired) electrons. The number of anilines is 3. The number of hydrogen-bond acceptors (Lipinski definition) is 7. The normalized spacial score (nSPS) is 11.9. The van der Waals surface area contributed by atoms with E-state index in [1.807, 2.05) is 33.3 Å². The van der Waals surface area contributed by atoms with Gasteiger partial charge in [0.05, 0.1) is 17.1 Å². The van der Waals surface area contributed by atoms with Crippen molar-refractivity contribution in [2.75, 3.05) is 4.90 Å². The molecule has 0 amide bonds. The second-order valence-electron chi connectivity index (χ2n) is 14.0. The summed E-state index contributed by atoms with van der Waals surface area (Å²) in [5.41, 5.74) is 11.3. The third-order valence-electron chi connectivity index (χ3n) is 10.6. The summed E-state index contributed by atoms with van der Waals surface area (Å²) >= 11 is 0. The lowest BCUT2D eigenvalue weighted by Gasteiger charge is -2.26. The van der Waals surface area contributed by atoms with Crippen molar-refractivity contribution in [2.45, 2.75) is 0 Å². The summed E-state index contributed by atoms with van der Waals surface area (Å²) in [6, 6.07) is 49.1. The van der Waals surface area contributed by atoms with Crippen LogP contribution >= 0.6 is 0 Å². The maximum atomic E-state index is 5.03. The van der Waals surface area contributed by atoms with Crippen LogP contribution < -0.4 is 4.90 Å². The Bertz CT molecular complexity index is 3330. The first kappa shape index (κ1) is 31.1. The molecule has 0 fully saturated rings. The number of nitrogens with zero attached hydrogens (tertiary/aromatic N) is 10. The van der Waals surface area contributed by atoms with Crippen LogP contribution in [0.15, 0.2) is 140 Å². The van der Waals surface area contributed by atoms with Gasteiger partial charge in [0.15, 0.2) is 0 Å². The molecule has 262 valence electrons. The molecular weight excluding hydrogens is 681 g/mol. The largest absolute Gasteiger partial charge is 0.304 e. The maximum Gasteiger partial charge on any atom is 0.137 e. The number of aromatic nitrogens is 9. The van der Waals surface area contributed by atoms with E-state index in [9.17, 15) is 0 Å². The zero-order chi connectivity index (χ0) is 36.8. The highest BCUT2D eigenvalue weighted by molar-refractivity contribution is 6.12. The van der Waals surface area contributed by atoms with Crippen molar-refractivity contribution in [3.63, 3.8) is 0 Å². The first-order valence-corrected chi connectivity index (χ1v) is 18.2. The highest BCUT2D eigenvalue weighted by atomic mass is 15.5. The van der Waals surface area contributed by atoms with Gasteiger partial charge < -0.3 is 4.90 Å². The molecule has 0 atom stereocenters. The van der Waals surface area contributed by atoms with Gasteiger partial charge in [-0.25, -0.2) is 0 Å². The first-order chi connectivity index (χ1) is 27.0. The van der Waals surface area contributed by atoms with Crippen LogP contribution in [0.3, 0.4) is 0 Å². The van der Waals surface area contributed by atoms with Gasteiger partial charge in [0.2, 0.25) is 0 Å². The molecule has 0 aliphatic heterocycles. The van der Waals surface area contributed by atoms with Gasteiger partial charge in [0.25, 0.3) is 0 Å². The summed E-state index contributed by atoms with van der Waals surface area (Å²) in [5, 5.41) is 36.7. The molecule has 0 spiro atoms. The summed E-state index contributed by atoms with van der Waals surface area (Å²) in [7, 11) is 5.58. The Morgan fingerprint density at radius 1 is 0.364 bits per heavy atom. The molecule has 0 unspecified atom stereocenters. The van der Waals surface area contributed by atoms with Crippen LogP contribution in [0.1, 0.15) is 0 Å². The summed E-state index contributed by atoms with van der Waals surface area (Å²) in [4.78, 5) is 7.09. The monoisotopic (exact) mass is 712 g/mol. The molecular formula is C45H32N10. The van der Waals surface area contributed by atoms with Gasteiger partial charge in [-0.2, -0.15) is 45.0 Å². The number of rotatable bonds is 5. The molecule has 10 nitrogen and oxygen atoms in total. The van der Waals surface area contributed by atoms with Gasteiger partial charge in [-0.3, -0.25) is 0 Å². The summed E-state index contributed by atoms with van der Waals surface area (Å²) in [6.45, 7) is 0. The van der Waals surface area contributed by atoms with Crippen LogP contribution in [0, 0.1) is 0 Å². The molecule has 0 saturated heterocycles. The number of hydrogen-bond donors (Lipinski definition) is 0.